The van der Waals surface area contributed by atoms with Crippen molar-refractivity contribution in [2.45, 2.75) is 6.92 Å². The molecule has 0 aliphatic carbocycles. The summed E-state index contributed by atoms with van der Waals surface area (Å²) in [4.78, 5) is 0. The molecule has 0 nitrogen and oxygen atoms in total. The van der Waals surface area contributed by atoms with Crippen LogP contribution in [0.15, 0.2) is 97.1 Å². The van der Waals surface area contributed by atoms with Crippen molar-refractivity contribution in [3.05, 3.63) is 119 Å². The summed E-state index contributed by atoms with van der Waals surface area (Å²) in [5.41, 5.74) is 6.28. The van der Waals surface area contributed by atoms with Gasteiger partial charge in [-0.1, -0.05) is 97.1 Å². The third-order valence-electron chi connectivity index (χ3n) is 4.65. The topological polar surface area (TPSA) is 0 Å². The summed E-state index contributed by atoms with van der Waals surface area (Å²) in [5, 5.41) is 2.61. The van der Waals surface area contributed by atoms with E-state index in [9.17, 15) is 0 Å². The maximum Gasteiger partial charge on any atom is -0.0105 e. The Hall–Kier alpha value is -3.12. The summed E-state index contributed by atoms with van der Waals surface area (Å²) in [6, 6.07) is 34.3. The lowest BCUT2D eigenvalue weighted by molar-refractivity contribution is 1.52. The van der Waals surface area contributed by atoms with E-state index in [1.165, 1.54) is 38.6 Å². The molecule has 0 saturated heterocycles. The van der Waals surface area contributed by atoms with Gasteiger partial charge in [-0.3, -0.25) is 0 Å². The zero-order valence-corrected chi connectivity index (χ0v) is 14.3. The van der Waals surface area contributed by atoms with Gasteiger partial charge in [0.15, 0.2) is 0 Å². The van der Waals surface area contributed by atoms with Gasteiger partial charge in [-0.15, -0.1) is 0 Å². The first-order chi connectivity index (χ1) is 12.3. The number of hydrogen-bond acceptors (Lipinski definition) is 0. The molecule has 0 radical (unpaired) electrons. The van der Waals surface area contributed by atoms with Crippen LogP contribution in [0.3, 0.4) is 0 Å². The van der Waals surface area contributed by atoms with Crippen LogP contribution in [-0.4, -0.2) is 0 Å². The number of fused-ring (bicyclic) bond motifs is 1. The minimum atomic E-state index is 1.23. The molecule has 25 heavy (non-hydrogen) atoms. The number of benzene rings is 4. The Bertz CT molecular complexity index is 984. The summed E-state index contributed by atoms with van der Waals surface area (Å²) in [5.74, 6) is 0. The van der Waals surface area contributed by atoms with E-state index in [0.29, 0.717) is 0 Å². The normalized spacial score (nSPS) is 10.6. The predicted octanol–water partition coefficient (Wildman–Crippen LogP) is 6.74. The molecular weight excluding hydrogens is 300 g/mol. The molecule has 0 fully saturated rings. The summed E-state index contributed by atoms with van der Waals surface area (Å²) >= 11 is 0. The highest BCUT2D eigenvalue weighted by atomic mass is 14.1. The summed E-state index contributed by atoms with van der Waals surface area (Å²) < 4.78 is 0. The van der Waals surface area contributed by atoms with Crippen LogP contribution >= 0.6 is 0 Å². The molecule has 0 heterocycles. The second-order valence-corrected chi connectivity index (χ2v) is 6.31. The van der Waals surface area contributed by atoms with Crippen molar-refractivity contribution >= 4 is 22.4 Å². The minimum absolute atomic E-state index is 1.23. The van der Waals surface area contributed by atoms with Gasteiger partial charge in [0, 0.05) is 0 Å². The molecule has 0 amide bonds. The molecule has 0 N–H and O–H groups in total. The van der Waals surface area contributed by atoms with Crippen LogP contribution in [0.1, 0.15) is 22.3 Å². The highest BCUT2D eigenvalue weighted by Gasteiger charge is 2.07. The predicted molar refractivity (Wildman–Crippen MR) is 109 cm³/mol. The van der Waals surface area contributed by atoms with Crippen LogP contribution in [0.4, 0.5) is 0 Å². The zero-order valence-electron chi connectivity index (χ0n) is 14.3. The van der Waals surface area contributed by atoms with Crippen molar-refractivity contribution in [1.29, 1.82) is 0 Å². The average molecular weight is 320 g/mol. The van der Waals surface area contributed by atoms with Gasteiger partial charge in [-0.25, -0.2) is 0 Å². The van der Waals surface area contributed by atoms with Crippen LogP contribution in [0, 0.1) is 6.92 Å². The largest absolute Gasteiger partial charge is 0.0622 e. The van der Waals surface area contributed by atoms with Gasteiger partial charge in [0.2, 0.25) is 0 Å². The quantitative estimate of drug-likeness (QED) is 0.367. The van der Waals surface area contributed by atoms with Gasteiger partial charge >= 0.3 is 0 Å². The van der Waals surface area contributed by atoms with Crippen molar-refractivity contribution < 1.29 is 0 Å². The highest BCUT2D eigenvalue weighted by molar-refractivity contribution is 6.00. The molecule has 4 aromatic carbocycles. The van der Waals surface area contributed by atoms with E-state index in [4.69, 9.17) is 0 Å². The molecule has 0 unspecified atom stereocenters. The fourth-order valence-corrected chi connectivity index (χ4v) is 3.32. The van der Waals surface area contributed by atoms with E-state index in [1.54, 1.807) is 0 Å². The van der Waals surface area contributed by atoms with Crippen molar-refractivity contribution in [3.63, 3.8) is 0 Å². The maximum absolute atomic E-state index is 2.31. The molecule has 0 spiro atoms. The smallest absolute Gasteiger partial charge is 0.0105 e. The Labute approximate surface area is 149 Å². The number of aryl methyl sites for hydroxylation is 1. The van der Waals surface area contributed by atoms with E-state index in [1.807, 2.05) is 0 Å². The molecule has 0 atom stereocenters. The standard InChI is InChI=1S/C25H20/c1-19-16-17-22(24-15-9-8-14-23(19)24)18-25(20-10-4-2-5-11-20)21-12-6-3-7-13-21/h2-18H,1H3. The van der Waals surface area contributed by atoms with E-state index in [2.05, 4.69) is 110 Å². The van der Waals surface area contributed by atoms with Gasteiger partial charge in [0.25, 0.3) is 0 Å². The van der Waals surface area contributed by atoms with E-state index in [0.717, 1.165) is 0 Å². The first-order valence-corrected chi connectivity index (χ1v) is 8.64. The summed E-state index contributed by atoms with van der Waals surface area (Å²) in [6.45, 7) is 2.17. The van der Waals surface area contributed by atoms with Crippen LogP contribution < -0.4 is 0 Å². The van der Waals surface area contributed by atoms with Crippen molar-refractivity contribution in [3.8, 4) is 0 Å². The Morgan fingerprint density at radius 3 is 1.68 bits per heavy atom. The maximum atomic E-state index is 2.31. The van der Waals surface area contributed by atoms with E-state index >= 15 is 0 Å². The Kier molecular flexibility index (Phi) is 4.18. The SMILES string of the molecule is Cc1ccc(C=C(c2ccccc2)c2ccccc2)c2ccccc12. The molecule has 0 aliphatic rings. The second-order valence-electron chi connectivity index (χ2n) is 6.31. The molecule has 0 bridgehead atoms. The van der Waals surface area contributed by atoms with E-state index in [-0.39, 0.29) is 0 Å². The highest BCUT2D eigenvalue weighted by Crippen LogP contribution is 2.30. The molecule has 4 rings (SSSR count). The molecule has 0 aliphatic heterocycles. The third-order valence-corrected chi connectivity index (χ3v) is 4.65. The zero-order chi connectivity index (χ0) is 17.1. The molecule has 0 aromatic heterocycles. The number of rotatable bonds is 3. The first-order valence-electron chi connectivity index (χ1n) is 8.64. The van der Waals surface area contributed by atoms with Crippen LogP contribution in [0.2, 0.25) is 0 Å². The lowest BCUT2D eigenvalue weighted by Gasteiger charge is -2.11. The van der Waals surface area contributed by atoms with Gasteiger partial charge in [0.05, 0.1) is 0 Å². The Balaban J connectivity index is 1.96. The summed E-state index contributed by atoms with van der Waals surface area (Å²) in [7, 11) is 0. The lowest BCUT2D eigenvalue weighted by Crippen LogP contribution is -1.89. The van der Waals surface area contributed by atoms with Crippen molar-refractivity contribution in [2.24, 2.45) is 0 Å². The molecule has 0 saturated carbocycles. The van der Waals surface area contributed by atoms with Gasteiger partial charge in [-0.2, -0.15) is 0 Å². The van der Waals surface area contributed by atoms with Crippen LogP contribution in [0.5, 0.6) is 0 Å². The average Bonchev–Trinajstić information content (AvgIpc) is 2.69. The molecular formula is C25H20. The van der Waals surface area contributed by atoms with Gasteiger partial charge in [0.1, 0.15) is 0 Å². The summed E-state index contributed by atoms with van der Waals surface area (Å²) in [6.07, 6.45) is 2.31. The number of hydrogen-bond donors (Lipinski definition) is 0. The van der Waals surface area contributed by atoms with Crippen molar-refractivity contribution in [1.82, 2.24) is 0 Å². The third kappa shape index (κ3) is 3.12. The van der Waals surface area contributed by atoms with E-state index < -0.39 is 0 Å². The van der Waals surface area contributed by atoms with Gasteiger partial charge < -0.3 is 0 Å². The Morgan fingerprint density at radius 2 is 1.08 bits per heavy atom. The minimum Gasteiger partial charge on any atom is -0.0622 e. The Morgan fingerprint density at radius 1 is 0.560 bits per heavy atom. The van der Waals surface area contributed by atoms with Crippen LogP contribution in [0.25, 0.3) is 22.4 Å². The van der Waals surface area contributed by atoms with Gasteiger partial charge in [-0.05, 0) is 51.6 Å². The second kappa shape index (κ2) is 6.78. The fraction of sp³-hybridized carbons (Fsp3) is 0.0400. The monoisotopic (exact) mass is 320 g/mol. The molecule has 4 aromatic rings. The fourth-order valence-electron chi connectivity index (χ4n) is 3.32. The lowest BCUT2D eigenvalue weighted by atomic mass is 9.93. The first kappa shape index (κ1) is 15.4. The molecule has 120 valence electrons. The van der Waals surface area contributed by atoms with Crippen LogP contribution in [-0.2, 0) is 0 Å². The van der Waals surface area contributed by atoms with Crippen molar-refractivity contribution in [2.75, 3.05) is 0 Å². The molecule has 0 heteroatoms.